The van der Waals surface area contributed by atoms with Crippen molar-refractivity contribution in [2.75, 3.05) is 0 Å². The third-order valence-corrected chi connectivity index (χ3v) is 4.65. The van der Waals surface area contributed by atoms with Crippen LogP contribution in [0.25, 0.3) is 32.9 Å². The standard InChI is InChI=1S/C20H14N2/c1-2-7-18-15(4-1)12-19(22-21-18)16-11-10-14-9-8-13-5-3-6-17(16)20(13)14/h1-7,10-12H,8-9H2. The molecule has 3 aromatic carbocycles. The van der Waals surface area contributed by atoms with Gasteiger partial charge in [0.2, 0.25) is 0 Å². The second kappa shape index (κ2) is 4.38. The number of hydrogen-bond donors (Lipinski definition) is 0. The molecule has 5 rings (SSSR count). The topological polar surface area (TPSA) is 25.8 Å². The molecule has 1 aromatic heterocycles. The lowest BCUT2D eigenvalue weighted by Crippen LogP contribution is -1.91. The molecule has 1 heterocycles. The van der Waals surface area contributed by atoms with Gasteiger partial charge in [0.25, 0.3) is 0 Å². The molecule has 0 unspecified atom stereocenters. The predicted molar refractivity (Wildman–Crippen MR) is 89.9 cm³/mol. The minimum atomic E-state index is 0.942. The van der Waals surface area contributed by atoms with Gasteiger partial charge in [-0.05, 0) is 46.9 Å². The SMILES string of the molecule is c1ccc2nnc(-c3ccc4c5c(cccc35)CC4)cc2c1. The maximum atomic E-state index is 4.46. The van der Waals surface area contributed by atoms with Crippen molar-refractivity contribution in [3.05, 3.63) is 71.8 Å². The monoisotopic (exact) mass is 282 g/mol. The third kappa shape index (κ3) is 1.61. The Morgan fingerprint density at radius 1 is 0.727 bits per heavy atom. The summed E-state index contributed by atoms with van der Waals surface area (Å²) >= 11 is 0. The number of aryl methyl sites for hydroxylation is 2. The van der Waals surface area contributed by atoms with Crippen LogP contribution in [-0.4, -0.2) is 10.2 Å². The lowest BCUT2D eigenvalue weighted by molar-refractivity contribution is 1.02. The highest BCUT2D eigenvalue weighted by Crippen LogP contribution is 2.36. The van der Waals surface area contributed by atoms with E-state index in [1.54, 1.807) is 0 Å². The average molecular weight is 282 g/mol. The van der Waals surface area contributed by atoms with Crippen molar-refractivity contribution >= 4 is 21.7 Å². The van der Waals surface area contributed by atoms with Crippen LogP contribution in [0.4, 0.5) is 0 Å². The van der Waals surface area contributed by atoms with Gasteiger partial charge in [0.05, 0.1) is 11.2 Å². The molecule has 1 aliphatic carbocycles. The lowest BCUT2D eigenvalue weighted by atomic mass is 9.97. The van der Waals surface area contributed by atoms with Crippen molar-refractivity contribution in [2.24, 2.45) is 0 Å². The molecule has 0 fully saturated rings. The van der Waals surface area contributed by atoms with Gasteiger partial charge in [-0.15, -0.1) is 10.2 Å². The number of rotatable bonds is 1. The van der Waals surface area contributed by atoms with Gasteiger partial charge in [-0.2, -0.15) is 0 Å². The highest BCUT2D eigenvalue weighted by Gasteiger charge is 2.17. The summed E-state index contributed by atoms with van der Waals surface area (Å²) in [6.45, 7) is 0. The van der Waals surface area contributed by atoms with Crippen LogP contribution in [0.1, 0.15) is 11.1 Å². The largest absolute Gasteiger partial charge is 0.150 e. The molecular formula is C20H14N2. The van der Waals surface area contributed by atoms with Gasteiger partial charge in [-0.1, -0.05) is 48.5 Å². The number of benzene rings is 3. The first-order valence-electron chi connectivity index (χ1n) is 7.66. The normalized spacial score (nSPS) is 13.1. The van der Waals surface area contributed by atoms with E-state index >= 15 is 0 Å². The van der Waals surface area contributed by atoms with E-state index in [-0.39, 0.29) is 0 Å². The molecule has 0 aliphatic heterocycles. The van der Waals surface area contributed by atoms with Crippen molar-refractivity contribution in [1.29, 1.82) is 0 Å². The van der Waals surface area contributed by atoms with Gasteiger partial charge in [0.15, 0.2) is 0 Å². The Labute approximate surface area is 128 Å². The van der Waals surface area contributed by atoms with E-state index in [1.807, 2.05) is 18.2 Å². The maximum Gasteiger partial charge on any atom is 0.0942 e. The van der Waals surface area contributed by atoms with Crippen LogP contribution >= 0.6 is 0 Å². The summed E-state index contributed by atoms with van der Waals surface area (Å²) in [4.78, 5) is 0. The van der Waals surface area contributed by atoms with Crippen molar-refractivity contribution in [1.82, 2.24) is 10.2 Å². The molecule has 2 nitrogen and oxygen atoms in total. The fourth-order valence-corrected chi connectivity index (χ4v) is 3.59. The zero-order valence-electron chi connectivity index (χ0n) is 12.1. The summed E-state index contributed by atoms with van der Waals surface area (Å²) < 4.78 is 0. The van der Waals surface area contributed by atoms with Gasteiger partial charge in [-0.25, -0.2) is 0 Å². The molecule has 0 radical (unpaired) electrons. The van der Waals surface area contributed by atoms with Crippen molar-refractivity contribution in [3.63, 3.8) is 0 Å². The molecule has 0 bridgehead atoms. The lowest BCUT2D eigenvalue weighted by Gasteiger charge is -2.08. The van der Waals surface area contributed by atoms with Gasteiger partial charge < -0.3 is 0 Å². The Bertz CT molecular complexity index is 1020. The van der Waals surface area contributed by atoms with Gasteiger partial charge in [0, 0.05) is 10.9 Å². The van der Waals surface area contributed by atoms with E-state index < -0.39 is 0 Å². The van der Waals surface area contributed by atoms with E-state index in [0.29, 0.717) is 0 Å². The molecule has 0 spiro atoms. The van der Waals surface area contributed by atoms with Crippen molar-refractivity contribution in [3.8, 4) is 11.3 Å². The van der Waals surface area contributed by atoms with Gasteiger partial charge in [-0.3, -0.25) is 0 Å². The zero-order valence-corrected chi connectivity index (χ0v) is 12.1. The maximum absolute atomic E-state index is 4.46. The van der Waals surface area contributed by atoms with Crippen LogP contribution in [0.3, 0.4) is 0 Å². The van der Waals surface area contributed by atoms with Crippen LogP contribution in [0.15, 0.2) is 60.7 Å². The van der Waals surface area contributed by atoms with E-state index in [0.717, 1.165) is 29.4 Å². The molecule has 0 saturated carbocycles. The molecule has 104 valence electrons. The first-order chi connectivity index (χ1) is 10.9. The second-order valence-corrected chi connectivity index (χ2v) is 5.90. The highest BCUT2D eigenvalue weighted by atomic mass is 15.1. The summed E-state index contributed by atoms with van der Waals surface area (Å²) in [5, 5.41) is 12.7. The summed E-state index contributed by atoms with van der Waals surface area (Å²) in [5.74, 6) is 0. The van der Waals surface area contributed by atoms with E-state index in [1.165, 1.54) is 27.5 Å². The minimum absolute atomic E-state index is 0.942. The Hall–Kier alpha value is -2.74. The van der Waals surface area contributed by atoms with Crippen LogP contribution in [0.5, 0.6) is 0 Å². The summed E-state index contributed by atoms with van der Waals surface area (Å²) in [6.07, 6.45) is 2.30. The van der Waals surface area contributed by atoms with Crippen LogP contribution in [0.2, 0.25) is 0 Å². The molecule has 1 aliphatic rings. The Morgan fingerprint density at radius 3 is 2.55 bits per heavy atom. The van der Waals surface area contributed by atoms with Crippen molar-refractivity contribution < 1.29 is 0 Å². The molecule has 0 atom stereocenters. The zero-order chi connectivity index (χ0) is 14.5. The molecule has 0 amide bonds. The van der Waals surface area contributed by atoms with E-state index in [2.05, 4.69) is 52.7 Å². The molecule has 4 aromatic rings. The smallest absolute Gasteiger partial charge is 0.0942 e. The highest BCUT2D eigenvalue weighted by molar-refractivity contribution is 6.01. The van der Waals surface area contributed by atoms with E-state index in [4.69, 9.17) is 0 Å². The molecule has 0 saturated heterocycles. The minimum Gasteiger partial charge on any atom is -0.150 e. The Balaban J connectivity index is 1.83. The first kappa shape index (κ1) is 11.9. The average Bonchev–Trinajstić information content (AvgIpc) is 3.00. The predicted octanol–water partition coefficient (Wildman–Crippen LogP) is 4.55. The quantitative estimate of drug-likeness (QED) is 0.512. The molecule has 22 heavy (non-hydrogen) atoms. The fourth-order valence-electron chi connectivity index (χ4n) is 3.59. The van der Waals surface area contributed by atoms with Crippen LogP contribution in [0, 0.1) is 0 Å². The summed E-state index contributed by atoms with van der Waals surface area (Å²) in [7, 11) is 0. The second-order valence-electron chi connectivity index (χ2n) is 5.90. The number of hydrogen-bond acceptors (Lipinski definition) is 2. The van der Waals surface area contributed by atoms with Crippen LogP contribution in [-0.2, 0) is 12.8 Å². The van der Waals surface area contributed by atoms with Crippen molar-refractivity contribution in [2.45, 2.75) is 12.8 Å². The number of aromatic nitrogens is 2. The third-order valence-electron chi connectivity index (χ3n) is 4.65. The fraction of sp³-hybridized carbons (Fsp3) is 0.100. The number of fused-ring (bicyclic) bond motifs is 1. The Morgan fingerprint density at radius 2 is 1.59 bits per heavy atom. The number of nitrogens with zero attached hydrogens (tertiary/aromatic N) is 2. The molecule has 0 N–H and O–H groups in total. The van der Waals surface area contributed by atoms with Gasteiger partial charge >= 0.3 is 0 Å². The first-order valence-corrected chi connectivity index (χ1v) is 7.66. The summed E-state index contributed by atoms with van der Waals surface area (Å²) in [6, 6.07) is 21.3. The molecular weight excluding hydrogens is 268 g/mol. The Kier molecular flexibility index (Phi) is 2.36. The summed E-state index contributed by atoms with van der Waals surface area (Å²) in [5.41, 5.74) is 6.00. The molecule has 2 heteroatoms. The van der Waals surface area contributed by atoms with Gasteiger partial charge in [0.1, 0.15) is 0 Å². The van der Waals surface area contributed by atoms with Crippen LogP contribution < -0.4 is 0 Å². The van der Waals surface area contributed by atoms with E-state index in [9.17, 15) is 0 Å².